The van der Waals surface area contributed by atoms with E-state index in [4.69, 9.17) is 28.5 Å². The molecule has 5 heteroatoms. The van der Waals surface area contributed by atoms with Crippen LogP contribution in [0.15, 0.2) is 30.5 Å². The number of aromatic nitrogens is 1. The molecule has 0 N–H and O–H groups in total. The highest BCUT2D eigenvalue weighted by Crippen LogP contribution is 2.27. The molecule has 0 fully saturated rings. The van der Waals surface area contributed by atoms with Crippen LogP contribution in [0.5, 0.6) is 0 Å². The van der Waals surface area contributed by atoms with Gasteiger partial charge in [-0.1, -0.05) is 23.2 Å². The minimum atomic E-state index is -0.509. The predicted octanol–water partition coefficient (Wildman–Crippen LogP) is 4.26. The van der Waals surface area contributed by atoms with E-state index < -0.39 is 5.82 Å². The zero-order valence-corrected chi connectivity index (χ0v) is 10.6. The van der Waals surface area contributed by atoms with E-state index >= 15 is 0 Å². The summed E-state index contributed by atoms with van der Waals surface area (Å²) in [6, 6.07) is 8.13. The van der Waals surface area contributed by atoms with E-state index in [1.54, 1.807) is 18.2 Å². The molecule has 0 aliphatic heterocycles. The average Bonchev–Trinajstić information content (AvgIpc) is 2.30. The van der Waals surface area contributed by atoms with Crippen LogP contribution >= 0.6 is 23.2 Å². The van der Waals surface area contributed by atoms with Crippen molar-refractivity contribution in [1.82, 2.24) is 4.98 Å². The number of benzene rings is 1. The van der Waals surface area contributed by atoms with Crippen LogP contribution in [0.25, 0.3) is 11.1 Å². The molecule has 0 amide bonds. The van der Waals surface area contributed by atoms with Gasteiger partial charge in [0.15, 0.2) is 0 Å². The Hall–Kier alpha value is -1.63. The first-order valence-electron chi connectivity index (χ1n) is 5.08. The molecule has 1 aromatic carbocycles. The molecule has 2 nitrogen and oxygen atoms in total. The smallest absolute Gasteiger partial charge is 0.146 e. The maximum absolute atomic E-state index is 13.6. The van der Waals surface area contributed by atoms with Gasteiger partial charge < -0.3 is 0 Å². The normalized spacial score (nSPS) is 10.1. The lowest BCUT2D eigenvalue weighted by Crippen LogP contribution is -1.94. The van der Waals surface area contributed by atoms with Crippen molar-refractivity contribution in [2.45, 2.75) is 6.42 Å². The number of nitrogens with zero attached hydrogens (tertiary/aromatic N) is 2. The van der Waals surface area contributed by atoms with Gasteiger partial charge in [0, 0.05) is 21.8 Å². The Labute approximate surface area is 114 Å². The van der Waals surface area contributed by atoms with Gasteiger partial charge >= 0.3 is 0 Å². The molecule has 0 spiro atoms. The predicted molar refractivity (Wildman–Crippen MR) is 69.0 cm³/mol. The van der Waals surface area contributed by atoms with E-state index in [2.05, 4.69) is 4.98 Å². The quantitative estimate of drug-likeness (QED) is 0.824. The minimum Gasteiger partial charge on any atom is -0.256 e. The Morgan fingerprint density at radius 3 is 2.33 bits per heavy atom. The number of nitriles is 1. The van der Waals surface area contributed by atoms with Crippen LogP contribution in [-0.4, -0.2) is 4.98 Å². The lowest BCUT2D eigenvalue weighted by molar-refractivity contribution is 0.606. The topological polar surface area (TPSA) is 36.7 Å². The third-order valence-corrected chi connectivity index (χ3v) is 2.80. The lowest BCUT2D eigenvalue weighted by Gasteiger charge is -2.05. The highest BCUT2D eigenvalue weighted by molar-refractivity contribution is 6.35. The van der Waals surface area contributed by atoms with Gasteiger partial charge in [-0.2, -0.15) is 5.26 Å². The van der Waals surface area contributed by atoms with Crippen LogP contribution in [-0.2, 0) is 6.42 Å². The number of hydrogen-bond acceptors (Lipinski definition) is 2. The maximum atomic E-state index is 13.6. The molecule has 2 aromatic rings. The van der Waals surface area contributed by atoms with Crippen LogP contribution in [0, 0.1) is 17.1 Å². The van der Waals surface area contributed by atoms with Crippen LogP contribution in [0.1, 0.15) is 5.69 Å². The number of pyridine rings is 1. The first-order valence-corrected chi connectivity index (χ1v) is 5.83. The third-order valence-electron chi connectivity index (χ3n) is 2.36. The number of hydrogen-bond donors (Lipinski definition) is 0. The van der Waals surface area contributed by atoms with Gasteiger partial charge in [-0.3, -0.25) is 4.98 Å². The molecule has 1 aromatic heterocycles. The monoisotopic (exact) mass is 280 g/mol. The molecule has 0 unspecified atom stereocenters. The summed E-state index contributed by atoms with van der Waals surface area (Å²) in [5.74, 6) is -0.509. The van der Waals surface area contributed by atoms with E-state index in [-0.39, 0.29) is 12.1 Å². The summed E-state index contributed by atoms with van der Waals surface area (Å²) in [4.78, 5) is 3.92. The Morgan fingerprint density at radius 2 is 1.78 bits per heavy atom. The van der Waals surface area contributed by atoms with Gasteiger partial charge in [-0.15, -0.1) is 0 Å². The fourth-order valence-electron chi connectivity index (χ4n) is 1.55. The molecular formula is C13H7Cl2FN2. The maximum Gasteiger partial charge on any atom is 0.146 e. The summed E-state index contributed by atoms with van der Waals surface area (Å²) < 4.78 is 13.6. The zero-order chi connectivity index (χ0) is 13.1. The van der Waals surface area contributed by atoms with Crippen molar-refractivity contribution in [3.05, 3.63) is 52.0 Å². The Kier molecular flexibility index (Phi) is 3.81. The molecule has 18 heavy (non-hydrogen) atoms. The van der Waals surface area contributed by atoms with E-state index in [1.807, 2.05) is 6.07 Å². The molecular weight excluding hydrogens is 274 g/mol. The summed E-state index contributed by atoms with van der Waals surface area (Å²) in [5, 5.41) is 9.45. The van der Waals surface area contributed by atoms with Crippen molar-refractivity contribution in [3.63, 3.8) is 0 Å². The molecule has 0 aliphatic carbocycles. The first-order chi connectivity index (χ1) is 8.60. The van der Waals surface area contributed by atoms with Crippen LogP contribution in [0.2, 0.25) is 10.0 Å². The standard InChI is InChI=1S/C13H7Cl2FN2/c14-10-3-8(4-11(15)6-10)9-5-12(16)13(1-2-17)18-7-9/h3-7H,1H2. The van der Waals surface area contributed by atoms with Gasteiger partial charge in [0.05, 0.1) is 18.2 Å². The summed E-state index contributed by atoms with van der Waals surface area (Å²) in [7, 11) is 0. The van der Waals surface area contributed by atoms with Gasteiger partial charge in [0.25, 0.3) is 0 Å². The van der Waals surface area contributed by atoms with Crippen LogP contribution in [0.3, 0.4) is 0 Å². The molecule has 0 bridgehead atoms. The van der Waals surface area contributed by atoms with Gasteiger partial charge in [0.1, 0.15) is 5.82 Å². The van der Waals surface area contributed by atoms with E-state index in [1.165, 1.54) is 12.3 Å². The molecule has 90 valence electrons. The second-order valence-corrected chi connectivity index (χ2v) is 4.52. The summed E-state index contributed by atoms with van der Waals surface area (Å²) >= 11 is 11.8. The lowest BCUT2D eigenvalue weighted by atomic mass is 10.1. The molecule has 1 heterocycles. The average molecular weight is 281 g/mol. The van der Waals surface area contributed by atoms with Crippen molar-refractivity contribution < 1.29 is 4.39 Å². The summed E-state index contributed by atoms with van der Waals surface area (Å²) in [6.07, 6.45) is 1.44. The molecule has 0 saturated heterocycles. The molecule has 2 rings (SSSR count). The molecule has 0 atom stereocenters. The van der Waals surface area contributed by atoms with Crippen molar-refractivity contribution >= 4 is 23.2 Å². The van der Waals surface area contributed by atoms with Crippen LogP contribution < -0.4 is 0 Å². The van der Waals surface area contributed by atoms with E-state index in [0.717, 1.165) is 0 Å². The minimum absolute atomic E-state index is 0.0532. The Balaban J connectivity index is 2.46. The molecule has 0 radical (unpaired) electrons. The van der Waals surface area contributed by atoms with Crippen molar-refractivity contribution in [1.29, 1.82) is 5.26 Å². The van der Waals surface area contributed by atoms with Gasteiger partial charge in [-0.25, -0.2) is 4.39 Å². The van der Waals surface area contributed by atoms with E-state index in [9.17, 15) is 4.39 Å². The molecule has 0 saturated carbocycles. The Bertz CT molecular complexity index is 615. The molecule has 0 aliphatic rings. The first kappa shape index (κ1) is 12.8. The van der Waals surface area contributed by atoms with Crippen molar-refractivity contribution in [2.24, 2.45) is 0 Å². The summed E-state index contributed by atoms with van der Waals surface area (Å²) in [5.41, 5.74) is 1.38. The second-order valence-electron chi connectivity index (χ2n) is 3.65. The SMILES string of the molecule is N#CCc1ncc(-c2cc(Cl)cc(Cl)c2)cc1F. The highest BCUT2D eigenvalue weighted by atomic mass is 35.5. The number of rotatable bonds is 2. The van der Waals surface area contributed by atoms with Crippen molar-refractivity contribution in [3.8, 4) is 17.2 Å². The summed E-state index contributed by atoms with van der Waals surface area (Å²) in [6.45, 7) is 0. The Morgan fingerprint density at radius 1 is 1.11 bits per heavy atom. The number of halogens is 3. The zero-order valence-electron chi connectivity index (χ0n) is 9.12. The fourth-order valence-corrected chi connectivity index (χ4v) is 2.08. The van der Waals surface area contributed by atoms with Crippen molar-refractivity contribution in [2.75, 3.05) is 0 Å². The second kappa shape index (κ2) is 5.34. The van der Waals surface area contributed by atoms with Crippen LogP contribution in [0.4, 0.5) is 4.39 Å². The third kappa shape index (κ3) is 2.79. The van der Waals surface area contributed by atoms with Gasteiger partial charge in [0.2, 0.25) is 0 Å². The van der Waals surface area contributed by atoms with E-state index in [0.29, 0.717) is 21.2 Å². The largest absolute Gasteiger partial charge is 0.256 e. The fraction of sp³-hybridized carbons (Fsp3) is 0.0769. The highest BCUT2D eigenvalue weighted by Gasteiger charge is 2.07. The van der Waals surface area contributed by atoms with Gasteiger partial charge in [-0.05, 0) is 29.8 Å².